The highest BCUT2D eigenvalue weighted by Crippen LogP contribution is 2.47. The molecule has 1 aromatic carbocycles. The Labute approximate surface area is 180 Å². The van der Waals surface area contributed by atoms with E-state index in [-0.39, 0.29) is 17.4 Å². The fourth-order valence-corrected chi connectivity index (χ4v) is 4.01. The van der Waals surface area contributed by atoms with Crippen molar-refractivity contribution < 1.29 is 14.1 Å². The van der Waals surface area contributed by atoms with Gasteiger partial charge < -0.3 is 14.6 Å². The predicted octanol–water partition coefficient (Wildman–Crippen LogP) is 4.69. The molecule has 1 amide bonds. The molecule has 1 saturated carbocycles. The number of benzene rings is 1. The number of amides is 1. The van der Waals surface area contributed by atoms with Gasteiger partial charge in [0.2, 0.25) is 0 Å². The number of hydrogen-bond donors (Lipinski definition) is 1. The van der Waals surface area contributed by atoms with Gasteiger partial charge in [-0.15, -0.1) is 0 Å². The van der Waals surface area contributed by atoms with Crippen LogP contribution < -0.4 is 10.1 Å². The van der Waals surface area contributed by atoms with E-state index in [1.54, 1.807) is 12.1 Å². The Hall–Kier alpha value is -2.86. The van der Waals surface area contributed by atoms with Gasteiger partial charge in [0.05, 0.1) is 5.69 Å². The van der Waals surface area contributed by atoms with Gasteiger partial charge in [0.25, 0.3) is 5.91 Å². The van der Waals surface area contributed by atoms with E-state index in [0.29, 0.717) is 29.0 Å². The first-order valence-electron chi connectivity index (χ1n) is 9.96. The van der Waals surface area contributed by atoms with Crippen LogP contribution in [0, 0.1) is 11.3 Å². The first-order valence-corrected chi connectivity index (χ1v) is 10.3. The van der Waals surface area contributed by atoms with Crippen LogP contribution in [0.15, 0.2) is 59.3 Å². The maximum Gasteiger partial charge on any atom is 0.251 e. The predicted molar refractivity (Wildman–Crippen MR) is 113 cm³/mol. The van der Waals surface area contributed by atoms with Gasteiger partial charge in [-0.2, -0.15) is 0 Å². The largest absolute Gasteiger partial charge is 0.486 e. The Bertz CT molecular complexity index is 1020. The van der Waals surface area contributed by atoms with Crippen LogP contribution in [0.1, 0.15) is 42.1 Å². The molecule has 2 heterocycles. The van der Waals surface area contributed by atoms with E-state index in [9.17, 15) is 4.79 Å². The van der Waals surface area contributed by atoms with E-state index < -0.39 is 0 Å². The highest BCUT2D eigenvalue weighted by atomic mass is 35.5. The lowest BCUT2D eigenvalue weighted by Crippen LogP contribution is -2.58. The van der Waals surface area contributed by atoms with Crippen LogP contribution in [-0.2, 0) is 13.0 Å². The fraction of sp³-hybridized carbons (Fsp3) is 0.348. The summed E-state index contributed by atoms with van der Waals surface area (Å²) < 4.78 is 11.1. The van der Waals surface area contributed by atoms with Gasteiger partial charge in [0.15, 0.2) is 5.76 Å². The van der Waals surface area contributed by atoms with Gasteiger partial charge in [0.1, 0.15) is 17.5 Å². The lowest BCUT2D eigenvalue weighted by atomic mass is 9.57. The number of hydrogen-bond acceptors (Lipinski definition) is 5. The number of rotatable bonds is 7. The first kappa shape index (κ1) is 20.4. The minimum atomic E-state index is -0.127. The Morgan fingerprint density at radius 2 is 2.07 bits per heavy atom. The summed E-state index contributed by atoms with van der Waals surface area (Å²) in [5.74, 6) is 1.77. The van der Waals surface area contributed by atoms with E-state index >= 15 is 0 Å². The molecular weight excluding hydrogens is 402 g/mol. The number of nitrogens with zero attached hydrogens (tertiary/aromatic N) is 2. The van der Waals surface area contributed by atoms with Crippen LogP contribution in [0.5, 0.6) is 5.75 Å². The number of nitrogens with one attached hydrogen (secondary N) is 1. The Kier molecular flexibility index (Phi) is 5.77. The van der Waals surface area contributed by atoms with E-state index in [4.69, 9.17) is 20.9 Å². The van der Waals surface area contributed by atoms with Crippen molar-refractivity contribution in [3.05, 3.63) is 76.9 Å². The maximum absolute atomic E-state index is 12.5. The van der Waals surface area contributed by atoms with Crippen LogP contribution in [0.25, 0.3) is 0 Å². The van der Waals surface area contributed by atoms with Crippen molar-refractivity contribution in [1.29, 1.82) is 0 Å². The molecule has 1 aliphatic carbocycles. The van der Waals surface area contributed by atoms with Crippen molar-refractivity contribution >= 4 is 17.5 Å². The first-order chi connectivity index (χ1) is 14.4. The van der Waals surface area contributed by atoms with Crippen LogP contribution in [0.4, 0.5) is 0 Å². The number of pyridine rings is 1. The van der Waals surface area contributed by atoms with Crippen LogP contribution in [0.3, 0.4) is 0 Å². The maximum atomic E-state index is 12.5. The summed E-state index contributed by atoms with van der Waals surface area (Å²) >= 11 is 5.89. The Morgan fingerprint density at radius 3 is 2.80 bits per heavy atom. The summed E-state index contributed by atoms with van der Waals surface area (Å²) in [6, 6.07) is 14.9. The molecule has 0 spiro atoms. The van der Waals surface area contributed by atoms with Gasteiger partial charge in [-0.25, -0.2) is 4.98 Å². The van der Waals surface area contributed by atoms with E-state index in [1.165, 1.54) is 6.20 Å². The lowest BCUT2D eigenvalue weighted by Gasteiger charge is -2.52. The zero-order valence-corrected chi connectivity index (χ0v) is 17.7. The highest BCUT2D eigenvalue weighted by molar-refractivity contribution is 6.29. The number of carbonyl (C=O) groups excluding carboxylic acids is 1. The molecule has 156 valence electrons. The molecule has 0 aliphatic heterocycles. The molecule has 0 radical (unpaired) electrons. The Balaban J connectivity index is 1.30. The number of para-hydroxylation sites is 1. The zero-order chi connectivity index (χ0) is 21.1. The SMILES string of the molecule is CC1(C)[C@H](Cc2cc(COc3ccccc3)on2)C[C@@H]1NC(=O)c1ccnc(Cl)c1. The monoisotopic (exact) mass is 425 g/mol. The van der Waals surface area contributed by atoms with Crippen molar-refractivity contribution in [3.8, 4) is 5.75 Å². The summed E-state index contributed by atoms with van der Waals surface area (Å²) in [5.41, 5.74) is 1.38. The molecule has 1 fully saturated rings. The average Bonchev–Trinajstić information content (AvgIpc) is 3.20. The van der Waals surface area contributed by atoms with E-state index in [0.717, 1.165) is 24.3 Å². The van der Waals surface area contributed by atoms with Crippen molar-refractivity contribution in [2.75, 3.05) is 0 Å². The minimum absolute atomic E-state index is 0.0495. The normalized spacial score (nSPS) is 19.7. The van der Waals surface area contributed by atoms with Crippen LogP contribution in [0.2, 0.25) is 5.15 Å². The molecule has 2 aromatic heterocycles. The smallest absolute Gasteiger partial charge is 0.251 e. The summed E-state index contributed by atoms with van der Waals surface area (Å²) in [6.07, 6.45) is 3.23. The number of ether oxygens (including phenoxy) is 1. The standard InChI is InChI=1S/C23H24ClN3O3/c1-23(2)16(12-20(23)26-22(28)15-8-9-25-21(24)10-15)11-17-13-19(30-27-17)14-29-18-6-4-3-5-7-18/h3-10,13,16,20H,11-12,14H2,1-2H3,(H,26,28)/t16-,20+/m1/s1. The van der Waals surface area contributed by atoms with Gasteiger partial charge >= 0.3 is 0 Å². The van der Waals surface area contributed by atoms with Crippen molar-refractivity contribution in [3.63, 3.8) is 0 Å². The minimum Gasteiger partial charge on any atom is -0.486 e. The molecule has 30 heavy (non-hydrogen) atoms. The zero-order valence-electron chi connectivity index (χ0n) is 17.0. The van der Waals surface area contributed by atoms with Gasteiger partial charge in [0, 0.05) is 23.9 Å². The molecule has 3 aromatic rings. The lowest BCUT2D eigenvalue weighted by molar-refractivity contribution is 0.0138. The molecule has 0 saturated heterocycles. The van der Waals surface area contributed by atoms with Gasteiger partial charge in [-0.1, -0.05) is 48.8 Å². The molecule has 0 bridgehead atoms. The van der Waals surface area contributed by atoms with Crippen molar-refractivity contribution in [2.24, 2.45) is 11.3 Å². The fourth-order valence-electron chi connectivity index (χ4n) is 3.84. The number of aromatic nitrogens is 2. The van der Waals surface area contributed by atoms with Crippen molar-refractivity contribution in [2.45, 2.75) is 39.3 Å². The number of halogens is 1. The van der Waals surface area contributed by atoms with Crippen LogP contribution in [-0.4, -0.2) is 22.1 Å². The van der Waals surface area contributed by atoms with Gasteiger partial charge in [-0.3, -0.25) is 4.79 Å². The van der Waals surface area contributed by atoms with Crippen LogP contribution >= 0.6 is 11.6 Å². The highest BCUT2D eigenvalue weighted by Gasteiger charge is 2.48. The summed E-state index contributed by atoms with van der Waals surface area (Å²) in [4.78, 5) is 16.4. The van der Waals surface area contributed by atoms with E-state index in [1.807, 2.05) is 36.4 Å². The van der Waals surface area contributed by atoms with Gasteiger partial charge in [-0.05, 0) is 48.4 Å². The molecule has 0 unspecified atom stereocenters. The number of carbonyl (C=O) groups is 1. The third kappa shape index (κ3) is 4.49. The molecule has 7 heteroatoms. The molecule has 6 nitrogen and oxygen atoms in total. The molecule has 1 N–H and O–H groups in total. The van der Waals surface area contributed by atoms with E-state index in [2.05, 4.69) is 29.3 Å². The summed E-state index contributed by atoms with van der Waals surface area (Å²) in [5, 5.41) is 7.63. The topological polar surface area (TPSA) is 77.3 Å². The molecule has 2 atom stereocenters. The third-order valence-corrected chi connectivity index (χ3v) is 6.16. The third-order valence-electron chi connectivity index (χ3n) is 5.95. The quantitative estimate of drug-likeness (QED) is 0.555. The summed E-state index contributed by atoms with van der Waals surface area (Å²) in [7, 11) is 0. The average molecular weight is 426 g/mol. The second-order valence-electron chi connectivity index (χ2n) is 8.24. The summed E-state index contributed by atoms with van der Waals surface area (Å²) in [6.45, 7) is 4.69. The molecule has 1 aliphatic rings. The second kappa shape index (κ2) is 8.48. The molecular formula is C23H24ClN3O3. The molecule has 4 rings (SSSR count). The van der Waals surface area contributed by atoms with Crippen molar-refractivity contribution in [1.82, 2.24) is 15.5 Å². The Morgan fingerprint density at radius 1 is 1.27 bits per heavy atom. The second-order valence-corrected chi connectivity index (χ2v) is 8.62.